The normalized spacial score (nSPS) is 12.9. The first-order valence-electron chi connectivity index (χ1n) is 11.6. The van der Waals surface area contributed by atoms with Gasteiger partial charge in [0.2, 0.25) is 5.88 Å². The van der Waals surface area contributed by atoms with Crippen LogP contribution in [0.15, 0.2) is 78.9 Å². The van der Waals surface area contributed by atoms with Crippen LogP contribution in [-0.2, 0) is 6.54 Å². The predicted molar refractivity (Wildman–Crippen MR) is 131 cm³/mol. The molecule has 178 valence electrons. The van der Waals surface area contributed by atoms with Gasteiger partial charge in [-0.15, -0.1) is 0 Å². The molecule has 0 spiro atoms. The van der Waals surface area contributed by atoms with Crippen molar-refractivity contribution in [3.8, 4) is 23.1 Å². The molecule has 5 rings (SSSR count). The number of amides is 1. The van der Waals surface area contributed by atoms with Gasteiger partial charge in [0.15, 0.2) is 11.5 Å². The van der Waals surface area contributed by atoms with Crippen LogP contribution in [0, 0.1) is 12.7 Å². The molecule has 0 N–H and O–H groups in total. The number of hydrogen-bond acceptors (Lipinski definition) is 4. The van der Waals surface area contributed by atoms with Crippen LogP contribution in [0.1, 0.15) is 34.5 Å². The molecule has 0 radical (unpaired) electrons. The molecule has 0 saturated heterocycles. The fourth-order valence-electron chi connectivity index (χ4n) is 4.09. The number of carbonyl (C=O) groups excluding carboxylic acids is 1. The van der Waals surface area contributed by atoms with Crippen molar-refractivity contribution in [2.75, 3.05) is 7.11 Å². The summed E-state index contributed by atoms with van der Waals surface area (Å²) >= 11 is 0. The predicted octanol–water partition coefficient (Wildman–Crippen LogP) is 5.93. The molecule has 4 aromatic rings. The van der Waals surface area contributed by atoms with Crippen molar-refractivity contribution in [3.63, 3.8) is 0 Å². The largest absolute Gasteiger partial charge is 0.493 e. The van der Waals surface area contributed by atoms with Crippen LogP contribution >= 0.6 is 0 Å². The van der Waals surface area contributed by atoms with Crippen molar-refractivity contribution in [1.82, 2.24) is 14.7 Å². The van der Waals surface area contributed by atoms with Crippen LogP contribution in [0.25, 0.3) is 5.69 Å². The highest BCUT2D eigenvalue weighted by atomic mass is 19.1. The van der Waals surface area contributed by atoms with E-state index in [-0.39, 0.29) is 11.9 Å². The summed E-state index contributed by atoms with van der Waals surface area (Å²) in [6.07, 6.45) is 1.82. The third-order valence-electron chi connectivity index (χ3n) is 6.06. The molecule has 0 bridgehead atoms. The third kappa shape index (κ3) is 4.75. The van der Waals surface area contributed by atoms with E-state index in [9.17, 15) is 9.18 Å². The maximum Gasteiger partial charge on any atom is 0.254 e. The van der Waals surface area contributed by atoms with Gasteiger partial charge in [-0.05, 0) is 62.2 Å². The second-order valence-corrected chi connectivity index (χ2v) is 8.54. The van der Waals surface area contributed by atoms with Gasteiger partial charge in [-0.1, -0.05) is 36.4 Å². The lowest BCUT2D eigenvalue weighted by molar-refractivity contribution is 0.0728. The number of rotatable bonds is 8. The summed E-state index contributed by atoms with van der Waals surface area (Å²) in [5.41, 5.74) is 2.70. The molecule has 1 amide bonds. The number of aromatic nitrogens is 2. The quantitative estimate of drug-likeness (QED) is 0.320. The summed E-state index contributed by atoms with van der Waals surface area (Å²) in [4.78, 5) is 15.2. The Hall–Kier alpha value is -4.13. The molecule has 0 unspecified atom stereocenters. The van der Waals surface area contributed by atoms with Gasteiger partial charge in [-0.25, -0.2) is 9.07 Å². The molecule has 6 nitrogen and oxygen atoms in total. The van der Waals surface area contributed by atoms with Crippen molar-refractivity contribution in [2.45, 2.75) is 32.4 Å². The molecule has 35 heavy (non-hydrogen) atoms. The average Bonchev–Trinajstić information content (AvgIpc) is 3.68. The fourth-order valence-corrected chi connectivity index (χ4v) is 4.09. The highest BCUT2D eigenvalue weighted by Gasteiger charge is 2.35. The standard InChI is InChI=1S/C28H26FN3O3/c1-19-24(18-31(22-15-16-22)27(33)20-9-8-10-21(29)17-20)28(32(30-19)23-11-4-3-5-12-23)35-26-14-7-6-13-25(26)34-2/h3-14,17,22H,15-16,18H2,1-2H3. The number of benzene rings is 3. The van der Waals surface area contributed by atoms with E-state index in [4.69, 9.17) is 14.6 Å². The lowest BCUT2D eigenvalue weighted by Gasteiger charge is -2.23. The monoisotopic (exact) mass is 471 g/mol. The van der Waals surface area contributed by atoms with Gasteiger partial charge in [-0.3, -0.25) is 4.79 Å². The number of para-hydroxylation sites is 3. The first kappa shape index (κ1) is 22.7. The van der Waals surface area contributed by atoms with Gasteiger partial charge in [0.05, 0.1) is 30.6 Å². The van der Waals surface area contributed by atoms with Crippen molar-refractivity contribution in [1.29, 1.82) is 0 Å². The Bertz CT molecular complexity index is 1350. The minimum absolute atomic E-state index is 0.101. The first-order valence-corrected chi connectivity index (χ1v) is 11.6. The highest BCUT2D eigenvalue weighted by molar-refractivity contribution is 5.94. The van der Waals surface area contributed by atoms with Gasteiger partial charge >= 0.3 is 0 Å². The maximum atomic E-state index is 13.9. The summed E-state index contributed by atoms with van der Waals surface area (Å²) in [6.45, 7) is 2.20. The van der Waals surface area contributed by atoms with E-state index in [1.807, 2.05) is 61.5 Å². The minimum atomic E-state index is -0.431. The zero-order chi connectivity index (χ0) is 24.4. The van der Waals surface area contributed by atoms with Crippen LogP contribution in [0.2, 0.25) is 0 Å². The lowest BCUT2D eigenvalue weighted by atomic mass is 10.1. The van der Waals surface area contributed by atoms with Crippen LogP contribution < -0.4 is 9.47 Å². The Labute approximate surface area is 203 Å². The van der Waals surface area contributed by atoms with Crippen molar-refractivity contribution in [2.24, 2.45) is 0 Å². The van der Waals surface area contributed by atoms with E-state index >= 15 is 0 Å². The summed E-state index contributed by atoms with van der Waals surface area (Å²) in [6, 6.07) is 23.0. The summed E-state index contributed by atoms with van der Waals surface area (Å²) in [5, 5.41) is 4.76. The van der Waals surface area contributed by atoms with Crippen molar-refractivity contribution in [3.05, 3.63) is 102 Å². The van der Waals surface area contributed by atoms with E-state index < -0.39 is 5.82 Å². The molecular formula is C28H26FN3O3. The molecule has 1 saturated carbocycles. The molecule has 1 aliphatic carbocycles. The number of methoxy groups -OCH3 is 1. The molecule has 1 fully saturated rings. The SMILES string of the molecule is COc1ccccc1Oc1c(CN(C(=O)c2cccc(F)c2)C2CC2)c(C)nn1-c1ccccc1. The van der Waals surface area contributed by atoms with Crippen LogP contribution in [0.5, 0.6) is 17.4 Å². The van der Waals surface area contributed by atoms with E-state index in [0.717, 1.165) is 29.8 Å². The van der Waals surface area contributed by atoms with Crippen molar-refractivity contribution < 1.29 is 18.7 Å². The highest BCUT2D eigenvalue weighted by Crippen LogP contribution is 2.38. The smallest absolute Gasteiger partial charge is 0.254 e. The van der Waals surface area contributed by atoms with E-state index in [1.165, 1.54) is 12.1 Å². The third-order valence-corrected chi connectivity index (χ3v) is 6.06. The van der Waals surface area contributed by atoms with Crippen LogP contribution in [0.4, 0.5) is 4.39 Å². The van der Waals surface area contributed by atoms with Gasteiger partial charge in [0.25, 0.3) is 5.91 Å². The molecule has 1 heterocycles. The molecule has 0 atom stereocenters. The number of ether oxygens (including phenoxy) is 2. The minimum Gasteiger partial charge on any atom is -0.493 e. The topological polar surface area (TPSA) is 56.6 Å². The maximum absolute atomic E-state index is 13.9. The summed E-state index contributed by atoms with van der Waals surface area (Å²) in [5.74, 6) is 1.01. The summed E-state index contributed by atoms with van der Waals surface area (Å²) in [7, 11) is 1.59. The van der Waals surface area contributed by atoms with Crippen LogP contribution in [-0.4, -0.2) is 33.7 Å². The molecular weight excluding hydrogens is 445 g/mol. The Kier molecular flexibility index (Phi) is 6.23. The van der Waals surface area contributed by atoms with Crippen molar-refractivity contribution >= 4 is 5.91 Å². The zero-order valence-electron chi connectivity index (χ0n) is 19.6. The molecule has 1 aliphatic rings. The Morgan fingerprint density at radius 2 is 1.74 bits per heavy atom. The lowest BCUT2D eigenvalue weighted by Crippen LogP contribution is -2.33. The Balaban J connectivity index is 1.57. The second kappa shape index (κ2) is 9.62. The van der Waals surface area contributed by atoms with E-state index in [1.54, 1.807) is 28.8 Å². The number of halogens is 1. The Morgan fingerprint density at radius 3 is 2.43 bits per heavy atom. The second-order valence-electron chi connectivity index (χ2n) is 8.54. The Morgan fingerprint density at radius 1 is 1.03 bits per heavy atom. The van der Waals surface area contributed by atoms with Gasteiger partial charge < -0.3 is 14.4 Å². The average molecular weight is 472 g/mol. The first-order chi connectivity index (χ1) is 17.0. The zero-order valence-corrected chi connectivity index (χ0v) is 19.6. The van der Waals surface area contributed by atoms with E-state index in [0.29, 0.717) is 29.5 Å². The van der Waals surface area contributed by atoms with Gasteiger partial charge in [0, 0.05) is 11.6 Å². The fraction of sp³-hybridized carbons (Fsp3) is 0.214. The number of carbonyl (C=O) groups is 1. The number of aryl methyl sites for hydroxylation is 1. The van der Waals surface area contributed by atoms with Crippen LogP contribution in [0.3, 0.4) is 0 Å². The number of nitrogens with zero attached hydrogens (tertiary/aromatic N) is 3. The molecule has 3 aromatic carbocycles. The van der Waals surface area contributed by atoms with Gasteiger partial charge in [-0.2, -0.15) is 5.10 Å². The molecule has 1 aromatic heterocycles. The number of hydrogen-bond donors (Lipinski definition) is 0. The molecule has 0 aliphatic heterocycles. The molecule has 7 heteroatoms. The summed E-state index contributed by atoms with van der Waals surface area (Å²) < 4.78 is 27.5. The van der Waals surface area contributed by atoms with Gasteiger partial charge in [0.1, 0.15) is 5.82 Å². The van der Waals surface area contributed by atoms with E-state index in [2.05, 4.69) is 0 Å².